The minimum Gasteiger partial charge on any atom is -0.465 e. The fourth-order valence-corrected chi connectivity index (χ4v) is 3.19. The summed E-state index contributed by atoms with van der Waals surface area (Å²) in [5, 5.41) is 10.8. The van der Waals surface area contributed by atoms with Crippen LogP contribution in [-0.4, -0.2) is 35.7 Å². The van der Waals surface area contributed by atoms with Crippen LogP contribution in [0.1, 0.15) is 40.2 Å². The summed E-state index contributed by atoms with van der Waals surface area (Å²) >= 11 is 0. The predicted octanol–water partition coefficient (Wildman–Crippen LogP) is 5.52. The Bertz CT molecular complexity index is 1120. The van der Waals surface area contributed by atoms with Crippen molar-refractivity contribution >= 4 is 17.3 Å². The van der Waals surface area contributed by atoms with Crippen molar-refractivity contribution in [3.63, 3.8) is 0 Å². The van der Waals surface area contributed by atoms with E-state index in [1.54, 1.807) is 46.9 Å². The van der Waals surface area contributed by atoms with Gasteiger partial charge in [0.25, 0.3) is 11.2 Å². The van der Waals surface area contributed by atoms with E-state index >= 15 is 0 Å². The maximum absolute atomic E-state index is 12.9. The lowest BCUT2D eigenvalue weighted by Crippen LogP contribution is -2.27. The number of hydrogen-bond acceptors (Lipinski definition) is 6. The zero-order chi connectivity index (χ0) is 26.4. The van der Waals surface area contributed by atoms with Gasteiger partial charge in [0.05, 0.1) is 18.1 Å². The number of carbonyl (C=O) groups excluding carboxylic acids is 1. The molecule has 1 heterocycles. The quantitative estimate of drug-likeness (QED) is 0.239. The molecule has 0 radical (unpaired) electrons. The van der Waals surface area contributed by atoms with Crippen LogP contribution in [0.4, 0.5) is 11.4 Å². The molecule has 1 aromatic heterocycles. The minimum absolute atomic E-state index is 0.0204. The first kappa shape index (κ1) is 29.1. The Labute approximate surface area is 206 Å². The fraction of sp³-hybridized carbons (Fsp3) is 0.333. The number of nitrogens with zero attached hydrogens (tertiary/aromatic N) is 3. The molecule has 8 heteroatoms. The molecular formula is C27H35N3O5. The third-order valence-corrected chi connectivity index (χ3v) is 4.81. The summed E-state index contributed by atoms with van der Waals surface area (Å²) in [6, 6.07) is 17.0. The molecule has 8 nitrogen and oxygen atoms in total. The van der Waals surface area contributed by atoms with E-state index in [9.17, 15) is 19.7 Å². The molecule has 0 saturated heterocycles. The summed E-state index contributed by atoms with van der Waals surface area (Å²) in [7, 11) is 1.81. The number of hydrogen-bond donors (Lipinski definition) is 0. The average Bonchev–Trinajstić information content (AvgIpc) is 2.88. The van der Waals surface area contributed by atoms with Crippen LogP contribution >= 0.6 is 0 Å². The lowest BCUT2D eigenvalue weighted by Gasteiger charge is -2.18. The molecule has 3 aromatic rings. The Kier molecular flexibility index (Phi) is 12.5. The van der Waals surface area contributed by atoms with Gasteiger partial charge in [-0.05, 0) is 54.4 Å². The Hall–Kier alpha value is -3.94. The van der Waals surface area contributed by atoms with Crippen LogP contribution in [0.25, 0.3) is 11.1 Å². The largest absolute Gasteiger partial charge is 0.465 e. The molecule has 0 spiro atoms. The van der Waals surface area contributed by atoms with Crippen molar-refractivity contribution in [3.8, 4) is 11.1 Å². The molecule has 0 saturated carbocycles. The van der Waals surface area contributed by atoms with Crippen LogP contribution in [0.5, 0.6) is 0 Å². The van der Waals surface area contributed by atoms with E-state index in [0.717, 1.165) is 11.3 Å². The average molecular weight is 482 g/mol. The second-order valence-electron chi connectivity index (χ2n) is 6.99. The first-order chi connectivity index (χ1) is 16.9. The van der Waals surface area contributed by atoms with Gasteiger partial charge in [-0.25, -0.2) is 0 Å². The van der Waals surface area contributed by atoms with Crippen LogP contribution in [-0.2, 0) is 16.1 Å². The number of nitro groups is 1. The van der Waals surface area contributed by atoms with E-state index in [0.29, 0.717) is 24.3 Å². The molecule has 0 aliphatic heterocycles. The molecule has 0 amide bonds. The highest BCUT2D eigenvalue weighted by Gasteiger charge is 2.11. The molecule has 0 N–H and O–H groups in total. The number of aromatic nitrogens is 1. The number of anilines is 1. The van der Waals surface area contributed by atoms with E-state index in [4.69, 9.17) is 4.74 Å². The number of non-ortho nitro benzene ring substituents is 1. The van der Waals surface area contributed by atoms with Gasteiger partial charge >= 0.3 is 5.97 Å². The molecule has 0 atom stereocenters. The molecule has 0 bridgehead atoms. The van der Waals surface area contributed by atoms with Gasteiger partial charge in [-0.15, -0.1) is 0 Å². The van der Waals surface area contributed by atoms with Gasteiger partial charge in [0.1, 0.15) is 6.54 Å². The maximum Gasteiger partial charge on any atom is 0.325 e. The number of likely N-dealkylation sites (N-methyl/N-ethyl adjacent to an activating group) is 1. The van der Waals surface area contributed by atoms with Crippen molar-refractivity contribution in [3.05, 3.63) is 92.9 Å². The SMILES string of the molecule is CC.CC.CCOC(=O)CN(C)c1ccc(Cn2cccc(-c3ccc([N+](=O)[O-])cc3)c2=O)cc1. The van der Waals surface area contributed by atoms with Crippen molar-refractivity contribution in [1.82, 2.24) is 4.57 Å². The van der Waals surface area contributed by atoms with Crippen molar-refractivity contribution in [2.75, 3.05) is 25.1 Å². The Morgan fingerprint density at radius 2 is 1.60 bits per heavy atom. The van der Waals surface area contributed by atoms with Gasteiger partial charge in [-0.2, -0.15) is 0 Å². The Balaban J connectivity index is 0.00000145. The lowest BCUT2D eigenvalue weighted by atomic mass is 10.1. The van der Waals surface area contributed by atoms with Gasteiger partial charge < -0.3 is 14.2 Å². The number of nitro benzene ring substituents is 1. The van der Waals surface area contributed by atoms with E-state index < -0.39 is 4.92 Å². The standard InChI is InChI=1S/C23H23N3O5.2C2H6/c1-3-31-22(27)16-24(2)19-10-6-17(7-11-19)15-25-14-4-5-21(23(25)28)18-8-12-20(13-9-18)26(29)30;2*1-2/h4-14H,3,15-16H2,1-2H3;2*1-2H3. The van der Waals surface area contributed by atoms with Crippen molar-refractivity contribution in [2.24, 2.45) is 0 Å². The fourth-order valence-electron chi connectivity index (χ4n) is 3.19. The summed E-state index contributed by atoms with van der Waals surface area (Å²) in [5.74, 6) is -0.288. The highest BCUT2D eigenvalue weighted by Crippen LogP contribution is 2.20. The number of carbonyl (C=O) groups is 1. The summed E-state index contributed by atoms with van der Waals surface area (Å²) in [6.45, 7) is 10.6. The lowest BCUT2D eigenvalue weighted by molar-refractivity contribution is -0.384. The molecule has 35 heavy (non-hydrogen) atoms. The number of esters is 1. The third-order valence-electron chi connectivity index (χ3n) is 4.81. The second-order valence-corrected chi connectivity index (χ2v) is 6.99. The van der Waals surface area contributed by atoms with Gasteiger partial charge in [0, 0.05) is 36.6 Å². The Morgan fingerprint density at radius 3 is 2.14 bits per heavy atom. The van der Waals surface area contributed by atoms with Crippen molar-refractivity contribution in [2.45, 2.75) is 41.2 Å². The number of pyridine rings is 1. The first-order valence-corrected chi connectivity index (χ1v) is 11.8. The van der Waals surface area contributed by atoms with Crippen LogP contribution in [0.15, 0.2) is 71.7 Å². The molecule has 188 valence electrons. The smallest absolute Gasteiger partial charge is 0.325 e. The van der Waals surface area contributed by atoms with Crippen LogP contribution in [0.2, 0.25) is 0 Å². The molecule has 0 fully saturated rings. The number of benzene rings is 2. The third kappa shape index (κ3) is 8.41. The monoisotopic (exact) mass is 481 g/mol. The zero-order valence-corrected chi connectivity index (χ0v) is 21.4. The summed E-state index contributed by atoms with van der Waals surface area (Å²) in [4.78, 5) is 36.7. The van der Waals surface area contributed by atoms with Gasteiger partial charge in [0.15, 0.2) is 0 Å². The van der Waals surface area contributed by atoms with E-state index in [2.05, 4.69) is 0 Å². The predicted molar refractivity (Wildman–Crippen MR) is 141 cm³/mol. The normalized spacial score (nSPS) is 9.66. The molecular weight excluding hydrogens is 446 g/mol. The topological polar surface area (TPSA) is 94.7 Å². The van der Waals surface area contributed by atoms with E-state index in [-0.39, 0.29) is 23.8 Å². The van der Waals surface area contributed by atoms with Crippen LogP contribution in [0.3, 0.4) is 0 Å². The van der Waals surface area contributed by atoms with Crippen molar-refractivity contribution in [1.29, 1.82) is 0 Å². The van der Waals surface area contributed by atoms with Gasteiger partial charge in [-0.3, -0.25) is 19.7 Å². The van der Waals surface area contributed by atoms with E-state index in [1.165, 1.54) is 12.1 Å². The highest BCUT2D eigenvalue weighted by molar-refractivity contribution is 5.75. The molecule has 0 unspecified atom stereocenters. The second kappa shape index (κ2) is 15.1. The van der Waals surface area contributed by atoms with Crippen LogP contribution < -0.4 is 10.5 Å². The number of ether oxygens (including phenoxy) is 1. The summed E-state index contributed by atoms with van der Waals surface area (Å²) in [6.07, 6.45) is 1.71. The minimum atomic E-state index is -0.471. The van der Waals surface area contributed by atoms with Gasteiger partial charge in [0.2, 0.25) is 0 Å². The Morgan fingerprint density at radius 1 is 1.00 bits per heavy atom. The number of rotatable bonds is 8. The molecule has 0 aliphatic rings. The molecule has 2 aromatic carbocycles. The van der Waals surface area contributed by atoms with Crippen LogP contribution in [0, 0.1) is 10.1 Å². The maximum atomic E-state index is 12.9. The molecule has 0 aliphatic carbocycles. The first-order valence-electron chi connectivity index (χ1n) is 11.8. The summed E-state index contributed by atoms with van der Waals surface area (Å²) < 4.78 is 6.56. The zero-order valence-electron chi connectivity index (χ0n) is 21.4. The summed E-state index contributed by atoms with van der Waals surface area (Å²) in [5.41, 5.74) is 2.69. The molecule has 3 rings (SSSR count). The van der Waals surface area contributed by atoms with E-state index in [1.807, 2.05) is 59.0 Å². The van der Waals surface area contributed by atoms with Crippen molar-refractivity contribution < 1.29 is 14.5 Å². The highest BCUT2D eigenvalue weighted by atomic mass is 16.6. The van der Waals surface area contributed by atoms with Gasteiger partial charge in [-0.1, -0.05) is 39.8 Å².